The maximum absolute atomic E-state index is 5.54. The molecule has 4 rings (SSSR count). The van der Waals surface area contributed by atoms with Gasteiger partial charge in [-0.15, -0.1) is 0 Å². The van der Waals surface area contributed by atoms with Gasteiger partial charge in [-0.25, -0.2) is 15.0 Å². The third kappa shape index (κ3) is 3.75. The third-order valence-corrected chi connectivity index (χ3v) is 4.37. The van der Waals surface area contributed by atoms with Crippen molar-refractivity contribution in [3.05, 3.63) is 53.8 Å². The molecule has 0 radical (unpaired) electrons. The Bertz CT molecular complexity index is 856. The summed E-state index contributed by atoms with van der Waals surface area (Å²) in [6, 6.07) is 3.94. The second kappa shape index (κ2) is 7.25. The molecule has 0 atom stereocenters. The molecule has 1 N–H and O–H groups in total. The van der Waals surface area contributed by atoms with E-state index in [1.165, 1.54) is 5.69 Å². The standard InChI is InChI=1S/C18H23N7O/c1-13(2)17-22-15(12-26-17)10-24-6-7-25-16(11-24)8-14(23-25)9-21-18-19-4-3-5-20-18/h3-5,8,12-13H,6-7,9-11H2,1-2H3,(H,19,20,21). The minimum absolute atomic E-state index is 0.315. The van der Waals surface area contributed by atoms with Crippen molar-refractivity contribution in [1.82, 2.24) is 29.6 Å². The molecule has 3 aromatic heterocycles. The molecule has 0 saturated carbocycles. The van der Waals surface area contributed by atoms with Gasteiger partial charge in [-0.2, -0.15) is 5.10 Å². The summed E-state index contributed by atoms with van der Waals surface area (Å²) in [6.45, 7) is 8.28. The smallest absolute Gasteiger partial charge is 0.222 e. The summed E-state index contributed by atoms with van der Waals surface area (Å²) in [6.07, 6.45) is 5.22. The Kier molecular flexibility index (Phi) is 4.66. The van der Waals surface area contributed by atoms with E-state index in [1.807, 2.05) is 0 Å². The number of fused-ring (bicyclic) bond motifs is 1. The number of aromatic nitrogens is 5. The molecule has 1 aliphatic heterocycles. The highest BCUT2D eigenvalue weighted by molar-refractivity contribution is 5.24. The highest BCUT2D eigenvalue weighted by Crippen LogP contribution is 2.18. The van der Waals surface area contributed by atoms with Gasteiger partial charge in [0, 0.05) is 37.9 Å². The van der Waals surface area contributed by atoms with Crippen LogP contribution in [-0.2, 0) is 26.2 Å². The molecule has 0 bridgehead atoms. The highest BCUT2D eigenvalue weighted by atomic mass is 16.3. The monoisotopic (exact) mass is 353 g/mol. The second-order valence-electron chi connectivity index (χ2n) is 6.82. The molecule has 26 heavy (non-hydrogen) atoms. The van der Waals surface area contributed by atoms with Crippen molar-refractivity contribution in [2.75, 3.05) is 11.9 Å². The highest BCUT2D eigenvalue weighted by Gasteiger charge is 2.20. The van der Waals surface area contributed by atoms with Gasteiger partial charge in [0.15, 0.2) is 5.89 Å². The average molecular weight is 353 g/mol. The van der Waals surface area contributed by atoms with Gasteiger partial charge in [-0.1, -0.05) is 13.8 Å². The molecule has 0 fully saturated rings. The van der Waals surface area contributed by atoms with Gasteiger partial charge in [0.05, 0.1) is 30.2 Å². The third-order valence-electron chi connectivity index (χ3n) is 4.37. The van der Waals surface area contributed by atoms with E-state index in [4.69, 9.17) is 4.42 Å². The van der Waals surface area contributed by atoms with E-state index in [2.05, 4.69) is 54.9 Å². The molecule has 1 aliphatic rings. The van der Waals surface area contributed by atoms with Crippen LogP contribution in [-0.4, -0.2) is 36.2 Å². The fourth-order valence-electron chi connectivity index (χ4n) is 3.05. The van der Waals surface area contributed by atoms with Crippen LogP contribution < -0.4 is 5.32 Å². The van der Waals surface area contributed by atoms with Crippen LogP contribution >= 0.6 is 0 Å². The van der Waals surface area contributed by atoms with Crippen LogP contribution in [0.25, 0.3) is 0 Å². The zero-order valence-corrected chi connectivity index (χ0v) is 15.1. The molecule has 8 heteroatoms. The SMILES string of the molecule is CC(C)c1nc(CN2CCn3nc(CNc4ncccn4)cc3C2)co1. The van der Waals surface area contributed by atoms with Crippen molar-refractivity contribution < 1.29 is 4.42 Å². The lowest BCUT2D eigenvalue weighted by atomic mass is 10.2. The predicted molar refractivity (Wildman–Crippen MR) is 96.3 cm³/mol. The van der Waals surface area contributed by atoms with E-state index in [1.54, 1.807) is 24.7 Å². The Hall–Kier alpha value is -2.74. The number of nitrogens with one attached hydrogen (secondary N) is 1. The van der Waals surface area contributed by atoms with Crippen molar-refractivity contribution in [3.63, 3.8) is 0 Å². The van der Waals surface area contributed by atoms with Crippen LogP contribution in [0.3, 0.4) is 0 Å². The first-order chi connectivity index (χ1) is 12.7. The quantitative estimate of drug-likeness (QED) is 0.728. The van der Waals surface area contributed by atoms with Gasteiger partial charge >= 0.3 is 0 Å². The van der Waals surface area contributed by atoms with Crippen LogP contribution in [0.15, 0.2) is 35.2 Å². The molecule has 0 aliphatic carbocycles. The number of hydrogen-bond donors (Lipinski definition) is 1. The minimum atomic E-state index is 0.315. The van der Waals surface area contributed by atoms with E-state index in [9.17, 15) is 0 Å². The van der Waals surface area contributed by atoms with E-state index < -0.39 is 0 Å². The molecule has 136 valence electrons. The number of anilines is 1. The van der Waals surface area contributed by atoms with E-state index >= 15 is 0 Å². The van der Waals surface area contributed by atoms with Crippen LogP contribution in [0.5, 0.6) is 0 Å². The van der Waals surface area contributed by atoms with E-state index in [-0.39, 0.29) is 0 Å². The molecule has 8 nitrogen and oxygen atoms in total. The summed E-state index contributed by atoms with van der Waals surface area (Å²) in [5.41, 5.74) is 3.21. The zero-order valence-electron chi connectivity index (χ0n) is 15.1. The fraction of sp³-hybridized carbons (Fsp3) is 0.444. The number of nitrogens with zero attached hydrogens (tertiary/aromatic N) is 6. The van der Waals surface area contributed by atoms with Crippen molar-refractivity contribution in [2.45, 2.75) is 45.9 Å². The van der Waals surface area contributed by atoms with Gasteiger partial charge in [-0.3, -0.25) is 9.58 Å². The van der Waals surface area contributed by atoms with Crippen molar-refractivity contribution in [1.29, 1.82) is 0 Å². The van der Waals surface area contributed by atoms with E-state index in [0.717, 1.165) is 43.5 Å². The Morgan fingerprint density at radius 2 is 2.04 bits per heavy atom. The maximum atomic E-state index is 5.54. The predicted octanol–water partition coefficient (Wildman–Crippen LogP) is 2.41. The Morgan fingerprint density at radius 1 is 1.19 bits per heavy atom. The maximum Gasteiger partial charge on any atom is 0.222 e. The molecule has 0 aromatic carbocycles. The first-order valence-corrected chi connectivity index (χ1v) is 8.90. The molecular weight excluding hydrogens is 330 g/mol. The fourth-order valence-corrected chi connectivity index (χ4v) is 3.05. The van der Waals surface area contributed by atoms with Crippen LogP contribution in [0.2, 0.25) is 0 Å². The van der Waals surface area contributed by atoms with Crippen molar-refractivity contribution in [2.24, 2.45) is 0 Å². The summed E-state index contributed by atoms with van der Waals surface area (Å²) >= 11 is 0. The summed E-state index contributed by atoms with van der Waals surface area (Å²) in [7, 11) is 0. The Morgan fingerprint density at radius 3 is 2.81 bits per heavy atom. The lowest BCUT2D eigenvalue weighted by Crippen LogP contribution is -2.33. The minimum Gasteiger partial charge on any atom is -0.448 e. The Labute approximate surface area is 152 Å². The first kappa shape index (κ1) is 16.7. The lowest BCUT2D eigenvalue weighted by molar-refractivity contribution is 0.203. The van der Waals surface area contributed by atoms with Crippen LogP contribution in [0.1, 0.15) is 42.7 Å². The van der Waals surface area contributed by atoms with Gasteiger partial charge in [0.1, 0.15) is 6.26 Å². The molecule has 3 aromatic rings. The topological polar surface area (TPSA) is 84.9 Å². The van der Waals surface area contributed by atoms with Crippen molar-refractivity contribution in [3.8, 4) is 0 Å². The lowest BCUT2D eigenvalue weighted by Gasteiger charge is -2.26. The first-order valence-electron chi connectivity index (χ1n) is 8.90. The molecule has 0 spiro atoms. The van der Waals surface area contributed by atoms with Gasteiger partial charge in [-0.05, 0) is 12.1 Å². The summed E-state index contributed by atoms with van der Waals surface area (Å²) in [5, 5.41) is 7.87. The van der Waals surface area contributed by atoms with Crippen LogP contribution in [0, 0.1) is 0 Å². The molecular formula is C18H23N7O. The van der Waals surface area contributed by atoms with Gasteiger partial charge in [0.2, 0.25) is 5.95 Å². The average Bonchev–Trinajstić information content (AvgIpc) is 3.27. The Balaban J connectivity index is 1.36. The number of oxazole rings is 1. The number of rotatable bonds is 6. The van der Waals surface area contributed by atoms with Gasteiger partial charge < -0.3 is 9.73 Å². The molecule has 0 unspecified atom stereocenters. The van der Waals surface area contributed by atoms with Crippen molar-refractivity contribution >= 4 is 5.95 Å². The normalized spacial score (nSPS) is 14.6. The summed E-state index contributed by atoms with van der Waals surface area (Å²) in [4.78, 5) is 15.3. The molecule has 0 amide bonds. The largest absolute Gasteiger partial charge is 0.448 e. The summed E-state index contributed by atoms with van der Waals surface area (Å²) in [5.74, 6) is 1.74. The second-order valence-corrected chi connectivity index (χ2v) is 6.82. The van der Waals surface area contributed by atoms with E-state index in [0.29, 0.717) is 18.4 Å². The summed E-state index contributed by atoms with van der Waals surface area (Å²) < 4.78 is 7.62. The van der Waals surface area contributed by atoms with Gasteiger partial charge in [0.25, 0.3) is 0 Å². The zero-order chi connectivity index (χ0) is 17.9. The molecule has 0 saturated heterocycles. The molecule has 4 heterocycles. The number of hydrogen-bond acceptors (Lipinski definition) is 7. The van der Waals surface area contributed by atoms with Crippen LogP contribution in [0.4, 0.5) is 5.95 Å².